The summed E-state index contributed by atoms with van der Waals surface area (Å²) in [6.45, 7) is 6.96. The fraction of sp³-hybridized carbons (Fsp3) is 0.673. The van der Waals surface area contributed by atoms with Gasteiger partial charge >= 0.3 is 11.9 Å². The third kappa shape index (κ3) is 21.6. The maximum absolute atomic E-state index is 13.0. The number of cyclic esters (lactones) is 1. The van der Waals surface area contributed by atoms with Crippen molar-refractivity contribution in [1.29, 1.82) is 0 Å². The number of nitrogens with one attached hydrogen (secondary N) is 1. The van der Waals surface area contributed by atoms with E-state index in [9.17, 15) is 70.6 Å². The van der Waals surface area contributed by atoms with Crippen LogP contribution in [-0.2, 0) is 33.3 Å². The molecule has 0 radical (unpaired) electrons. The zero-order valence-corrected chi connectivity index (χ0v) is 42.3. The number of hydrogen-bond donors (Lipinski definition) is 14. The average Bonchev–Trinajstić information content (AvgIpc) is 3.31. The van der Waals surface area contributed by atoms with Crippen molar-refractivity contribution in [3.8, 4) is 0 Å². The summed E-state index contributed by atoms with van der Waals surface area (Å²) in [5, 5.41) is 123. The van der Waals surface area contributed by atoms with Crippen LogP contribution in [0.4, 0.5) is 0 Å². The van der Waals surface area contributed by atoms with Gasteiger partial charge in [0.1, 0.15) is 24.2 Å². The van der Waals surface area contributed by atoms with Crippen molar-refractivity contribution in [2.45, 2.75) is 195 Å². The predicted molar refractivity (Wildman–Crippen MR) is 267 cm³/mol. The lowest BCUT2D eigenvalue weighted by Crippen LogP contribution is -2.65. The molecule has 2 saturated heterocycles. The smallest absolute Gasteiger partial charge is 0.311 e. The molecule has 73 heavy (non-hydrogen) atoms. The Morgan fingerprint density at radius 1 is 0.726 bits per heavy atom. The van der Waals surface area contributed by atoms with Crippen LogP contribution in [0.25, 0.3) is 0 Å². The lowest BCUT2D eigenvalue weighted by Gasteiger charge is -2.45. The number of fused-ring (bicyclic) bond motifs is 2. The zero-order chi connectivity index (χ0) is 54.4. The molecule has 20 atom stereocenters. The molecule has 1 amide bonds. The van der Waals surface area contributed by atoms with E-state index in [1.807, 2.05) is 13.0 Å². The molecular weight excluding hydrogens is 955 g/mol. The molecule has 21 heteroatoms. The first-order chi connectivity index (χ1) is 34.5. The monoisotopic (exact) mass is 1040 g/mol. The largest absolute Gasteiger partial charge is 0.481 e. The Bertz CT molecular complexity index is 1900. The molecule has 3 aliphatic rings. The number of carboxylic acid groups (broad SMARTS) is 1. The number of amides is 1. The molecular formula is C52H83N3O18. The second kappa shape index (κ2) is 31.8. The fourth-order valence-corrected chi connectivity index (χ4v) is 8.83. The van der Waals surface area contributed by atoms with E-state index in [2.05, 4.69) is 5.32 Å². The van der Waals surface area contributed by atoms with Gasteiger partial charge in [0, 0.05) is 31.1 Å². The number of carbonyl (C=O) groups excluding carboxylic acids is 2. The quantitative estimate of drug-likeness (QED) is 0.142. The zero-order valence-electron chi connectivity index (χ0n) is 42.3. The van der Waals surface area contributed by atoms with Gasteiger partial charge in [0.05, 0.1) is 79.5 Å². The van der Waals surface area contributed by atoms with Crippen LogP contribution >= 0.6 is 0 Å². The Balaban J connectivity index is 1.92. The average molecular weight is 1040 g/mol. The van der Waals surface area contributed by atoms with Crippen molar-refractivity contribution >= 4 is 17.8 Å². The lowest BCUT2D eigenvalue weighted by molar-refractivity contribution is -0.310. The molecule has 414 valence electrons. The Labute approximate surface area is 427 Å². The number of allylic oxidation sites excluding steroid dienone is 12. The molecule has 0 aromatic rings. The molecule has 21 nitrogen and oxygen atoms in total. The van der Waals surface area contributed by atoms with E-state index in [0.717, 1.165) is 0 Å². The van der Waals surface area contributed by atoms with Gasteiger partial charge < -0.3 is 91.9 Å². The molecule has 2 bridgehead atoms. The highest BCUT2D eigenvalue weighted by molar-refractivity contribution is 5.81. The third-order valence-corrected chi connectivity index (χ3v) is 13.3. The number of aliphatic carboxylic acids is 1. The predicted octanol–water partition coefficient (Wildman–Crippen LogP) is -0.0646. The molecule has 0 saturated carbocycles. The van der Waals surface area contributed by atoms with E-state index in [-0.39, 0.29) is 44.6 Å². The van der Waals surface area contributed by atoms with Gasteiger partial charge in [-0.3, -0.25) is 14.4 Å². The minimum atomic E-state index is -2.42. The van der Waals surface area contributed by atoms with Crippen LogP contribution < -0.4 is 16.8 Å². The van der Waals surface area contributed by atoms with Gasteiger partial charge in [0.15, 0.2) is 12.1 Å². The van der Waals surface area contributed by atoms with Crippen LogP contribution in [0.1, 0.15) is 91.9 Å². The van der Waals surface area contributed by atoms with Gasteiger partial charge in [-0.05, 0) is 58.9 Å². The number of carboxylic acids is 1. The summed E-state index contributed by atoms with van der Waals surface area (Å²) in [4.78, 5) is 38.3. The first kappa shape index (κ1) is 63.3. The Hall–Kier alpha value is -4.01. The van der Waals surface area contributed by atoms with Crippen molar-refractivity contribution in [2.75, 3.05) is 6.54 Å². The fourth-order valence-electron chi connectivity index (χ4n) is 8.83. The maximum atomic E-state index is 13.0. The minimum absolute atomic E-state index is 0.166. The second-order valence-electron chi connectivity index (χ2n) is 19.6. The van der Waals surface area contributed by atoms with Crippen molar-refractivity contribution in [1.82, 2.24) is 5.32 Å². The number of aliphatic hydroxyl groups excluding tert-OH is 9. The Morgan fingerprint density at radius 2 is 1.29 bits per heavy atom. The van der Waals surface area contributed by atoms with Gasteiger partial charge in [0.25, 0.3) is 0 Å². The molecule has 0 aliphatic carbocycles. The molecule has 2 fully saturated rings. The minimum Gasteiger partial charge on any atom is -0.481 e. The van der Waals surface area contributed by atoms with Gasteiger partial charge in [-0.15, -0.1) is 0 Å². The molecule has 0 aromatic carbocycles. The molecule has 0 spiro atoms. The van der Waals surface area contributed by atoms with Gasteiger partial charge in [-0.2, -0.15) is 0 Å². The van der Waals surface area contributed by atoms with E-state index in [0.29, 0.717) is 6.42 Å². The Kier molecular flexibility index (Phi) is 27.5. The molecule has 0 aromatic heterocycles. The third-order valence-electron chi connectivity index (χ3n) is 13.3. The number of hydrogen-bond acceptors (Lipinski definition) is 19. The van der Waals surface area contributed by atoms with Crippen molar-refractivity contribution in [3.05, 3.63) is 85.1 Å². The number of nitrogens with two attached hydrogens (primary N) is 2. The van der Waals surface area contributed by atoms with Crippen LogP contribution in [0.2, 0.25) is 0 Å². The highest BCUT2D eigenvalue weighted by atomic mass is 16.7. The van der Waals surface area contributed by atoms with E-state index in [4.69, 9.17) is 30.4 Å². The number of esters is 1. The molecule has 3 heterocycles. The molecule has 3 aliphatic heterocycles. The maximum Gasteiger partial charge on any atom is 0.311 e. The summed E-state index contributed by atoms with van der Waals surface area (Å²) in [6.07, 6.45) is 2.49. The SMILES string of the molecule is C[C@@H]1[C@H](O)[C@@H](C)\C=C/C=C/C=C/C=C/C=C/C=C/C=C/C(O[C@@H]2O[C@H](C)[C@@H](O)[C@H](NC(=O)[C@@H](N)CCCN)[C@@H]2O)C[C@@H]2O[C@](O)(CC(O)C(O)CCC(O)CC(O)CC(O)CC(=O)O[C@H]1C)C[C@H](O)[C@H]2C(=O)O. The second-order valence-corrected chi connectivity index (χ2v) is 19.6. The van der Waals surface area contributed by atoms with E-state index < -0.39 is 159 Å². The number of rotatable bonds is 8. The Morgan fingerprint density at radius 3 is 1.88 bits per heavy atom. The van der Waals surface area contributed by atoms with E-state index >= 15 is 0 Å². The topological polar surface area (TPSA) is 375 Å². The van der Waals surface area contributed by atoms with Gasteiger partial charge in [-0.1, -0.05) is 98.9 Å². The number of carbonyl (C=O) groups is 3. The summed E-state index contributed by atoms with van der Waals surface area (Å²) in [5.74, 6) is -7.76. The molecule has 16 N–H and O–H groups in total. The number of aliphatic hydroxyl groups is 10. The summed E-state index contributed by atoms with van der Waals surface area (Å²) < 4.78 is 23.5. The van der Waals surface area contributed by atoms with Gasteiger partial charge in [0.2, 0.25) is 5.91 Å². The van der Waals surface area contributed by atoms with Crippen LogP contribution in [0.5, 0.6) is 0 Å². The highest BCUT2D eigenvalue weighted by Crippen LogP contribution is 2.38. The van der Waals surface area contributed by atoms with Crippen LogP contribution in [0, 0.1) is 17.8 Å². The van der Waals surface area contributed by atoms with Crippen LogP contribution in [0.3, 0.4) is 0 Å². The van der Waals surface area contributed by atoms with E-state index in [1.54, 1.807) is 86.8 Å². The molecule has 6 unspecified atom stereocenters. The van der Waals surface area contributed by atoms with Crippen LogP contribution in [-0.4, -0.2) is 184 Å². The van der Waals surface area contributed by atoms with Crippen LogP contribution in [0.15, 0.2) is 85.1 Å². The normalized spacial score (nSPS) is 42.2. The summed E-state index contributed by atoms with van der Waals surface area (Å²) in [6, 6.07) is -2.33. The summed E-state index contributed by atoms with van der Waals surface area (Å²) >= 11 is 0. The summed E-state index contributed by atoms with van der Waals surface area (Å²) in [5.41, 5.74) is 11.6. The van der Waals surface area contributed by atoms with Crippen molar-refractivity contribution < 1.29 is 89.5 Å². The first-order valence-corrected chi connectivity index (χ1v) is 25.2. The van der Waals surface area contributed by atoms with Gasteiger partial charge in [-0.25, -0.2) is 0 Å². The van der Waals surface area contributed by atoms with Crippen molar-refractivity contribution in [2.24, 2.45) is 29.2 Å². The molecule has 3 rings (SSSR count). The standard InChI is InChI=1S/C52H83N3O18/c1-30-18-15-13-11-9-7-5-6-8-10-12-14-16-19-37(72-51-48(65)45(47(64)33(4)71-51)55-49(66)38(54)20-17-23-53)27-42-44(50(67)68)41(61)29-52(69,73-42)28-40(60)39(59)22-21-34(56)24-35(57)25-36(58)26-43(62)70-32(3)31(2)46(30)63/h5-16,18-19,30-42,44-48,51,56-61,63-65,69H,17,20-29,53-54H2,1-4H3,(H,55,66)(H,67,68)/b6-5+,9-7+,10-8+,13-11+,14-12+,18-15-,19-16+/t30-,31-,32-,33+,34?,35?,36?,37?,38-,39?,40?,41-,42-,44+,45-,46+,47+,48-,51-,52+/m0/s1. The number of ether oxygens (including phenoxy) is 4. The first-order valence-electron chi connectivity index (χ1n) is 25.2. The van der Waals surface area contributed by atoms with E-state index in [1.165, 1.54) is 13.0 Å². The summed E-state index contributed by atoms with van der Waals surface area (Å²) in [7, 11) is 0. The highest BCUT2D eigenvalue weighted by Gasteiger charge is 2.51. The lowest BCUT2D eigenvalue weighted by atomic mass is 9.82. The van der Waals surface area contributed by atoms with Crippen molar-refractivity contribution in [3.63, 3.8) is 0 Å².